The van der Waals surface area contributed by atoms with Crippen molar-refractivity contribution in [3.8, 4) is 11.3 Å². The smallest absolute Gasteiger partial charge is 0.255 e. The van der Waals surface area contributed by atoms with Gasteiger partial charge in [-0.3, -0.25) is 9.59 Å². The highest BCUT2D eigenvalue weighted by atomic mass is 32.1. The molecule has 0 aliphatic rings. The van der Waals surface area contributed by atoms with Crippen LogP contribution in [0.5, 0.6) is 0 Å². The predicted molar refractivity (Wildman–Crippen MR) is 111 cm³/mol. The highest BCUT2D eigenvalue weighted by molar-refractivity contribution is 7.09. The molecule has 6 heteroatoms. The minimum Gasteiger partial charge on any atom is -0.455 e. The molecule has 5 nitrogen and oxygen atoms in total. The number of rotatable bonds is 4. The first-order chi connectivity index (χ1) is 13.5. The first-order valence-electron chi connectivity index (χ1n) is 8.85. The van der Waals surface area contributed by atoms with Crippen LogP contribution in [0.25, 0.3) is 22.3 Å². The molecular weight excluding hydrogens is 372 g/mol. The summed E-state index contributed by atoms with van der Waals surface area (Å²) < 4.78 is 6.09. The standard InChI is InChI=1S/C22H18N2O3S/c1-13-19(25)17-9-6-10-18(22(26)23-11-16-12-28-14(2)24-16)21(17)27-20(13)15-7-4-3-5-8-15/h3-10,12H,11H2,1-2H3,(H,23,26). The maximum atomic E-state index is 12.9. The first kappa shape index (κ1) is 18.1. The summed E-state index contributed by atoms with van der Waals surface area (Å²) in [6, 6.07) is 14.5. The van der Waals surface area contributed by atoms with Crippen LogP contribution in [0.2, 0.25) is 0 Å². The van der Waals surface area contributed by atoms with Gasteiger partial charge in [0.25, 0.3) is 5.91 Å². The molecule has 2 aromatic carbocycles. The maximum Gasteiger partial charge on any atom is 0.255 e. The summed E-state index contributed by atoms with van der Waals surface area (Å²) in [4.78, 5) is 30.0. The van der Waals surface area contributed by atoms with Crippen molar-refractivity contribution in [2.24, 2.45) is 0 Å². The zero-order valence-corrected chi connectivity index (χ0v) is 16.3. The lowest BCUT2D eigenvalue weighted by Crippen LogP contribution is -2.23. The van der Waals surface area contributed by atoms with Gasteiger partial charge in [0, 0.05) is 16.5 Å². The summed E-state index contributed by atoms with van der Waals surface area (Å²) in [6.45, 7) is 3.98. The molecule has 0 unspecified atom stereocenters. The lowest BCUT2D eigenvalue weighted by Gasteiger charge is -2.10. The Balaban J connectivity index is 1.77. The third-order valence-electron chi connectivity index (χ3n) is 4.52. The number of hydrogen-bond acceptors (Lipinski definition) is 5. The number of hydrogen-bond donors (Lipinski definition) is 1. The molecule has 0 aliphatic heterocycles. The molecule has 2 aromatic heterocycles. The second-order valence-electron chi connectivity index (χ2n) is 6.47. The maximum absolute atomic E-state index is 12.9. The number of amides is 1. The topological polar surface area (TPSA) is 72.2 Å². The molecule has 1 N–H and O–H groups in total. The number of carbonyl (C=O) groups excluding carboxylic acids is 1. The highest BCUT2D eigenvalue weighted by Gasteiger charge is 2.18. The van der Waals surface area contributed by atoms with Crippen LogP contribution >= 0.6 is 11.3 Å². The Labute approximate surface area is 165 Å². The van der Waals surface area contributed by atoms with Crippen LogP contribution in [0.4, 0.5) is 0 Å². The minimum absolute atomic E-state index is 0.134. The summed E-state index contributed by atoms with van der Waals surface area (Å²) >= 11 is 1.54. The van der Waals surface area contributed by atoms with Gasteiger partial charge in [0.1, 0.15) is 5.76 Å². The number of aryl methyl sites for hydroxylation is 1. The molecule has 4 rings (SSSR count). The predicted octanol–water partition coefficient (Wildman–Crippen LogP) is 4.46. The normalized spacial score (nSPS) is 10.9. The van der Waals surface area contributed by atoms with Crippen LogP contribution in [0.3, 0.4) is 0 Å². The lowest BCUT2D eigenvalue weighted by atomic mass is 10.0. The SMILES string of the molecule is Cc1nc(CNC(=O)c2cccc3c(=O)c(C)c(-c4ccccc4)oc23)cs1. The van der Waals surface area contributed by atoms with Gasteiger partial charge in [0.05, 0.1) is 28.2 Å². The lowest BCUT2D eigenvalue weighted by molar-refractivity contribution is 0.0951. The van der Waals surface area contributed by atoms with Gasteiger partial charge in [0.2, 0.25) is 0 Å². The molecule has 0 radical (unpaired) electrons. The number of aromatic nitrogens is 1. The van der Waals surface area contributed by atoms with Crippen molar-refractivity contribution in [3.63, 3.8) is 0 Å². The third kappa shape index (κ3) is 3.34. The van der Waals surface area contributed by atoms with E-state index < -0.39 is 0 Å². The third-order valence-corrected chi connectivity index (χ3v) is 5.34. The van der Waals surface area contributed by atoms with Crippen LogP contribution in [-0.2, 0) is 6.54 Å². The molecule has 4 aromatic rings. The van der Waals surface area contributed by atoms with E-state index in [1.54, 1.807) is 25.1 Å². The molecule has 140 valence electrons. The van der Waals surface area contributed by atoms with Crippen molar-refractivity contribution >= 4 is 28.2 Å². The summed E-state index contributed by atoms with van der Waals surface area (Å²) in [7, 11) is 0. The molecule has 0 aliphatic carbocycles. The van der Waals surface area contributed by atoms with Gasteiger partial charge in [-0.25, -0.2) is 4.98 Å². The van der Waals surface area contributed by atoms with E-state index >= 15 is 0 Å². The number of thiazole rings is 1. The number of fused-ring (bicyclic) bond motifs is 1. The molecule has 1 amide bonds. The molecule has 0 spiro atoms. The van der Waals surface area contributed by atoms with Crippen molar-refractivity contribution in [2.45, 2.75) is 20.4 Å². The average molecular weight is 390 g/mol. The van der Waals surface area contributed by atoms with E-state index in [9.17, 15) is 9.59 Å². The summed E-state index contributed by atoms with van der Waals surface area (Å²) in [5.41, 5.74) is 2.62. The van der Waals surface area contributed by atoms with E-state index in [0.29, 0.717) is 34.4 Å². The number of nitrogens with zero attached hydrogens (tertiary/aromatic N) is 1. The van der Waals surface area contributed by atoms with Crippen molar-refractivity contribution < 1.29 is 9.21 Å². The Hall–Kier alpha value is -3.25. The molecule has 0 saturated heterocycles. The molecule has 0 atom stereocenters. The molecule has 0 bridgehead atoms. The Morgan fingerprint density at radius 3 is 2.61 bits per heavy atom. The molecule has 0 fully saturated rings. The monoisotopic (exact) mass is 390 g/mol. The van der Waals surface area contributed by atoms with E-state index in [1.807, 2.05) is 42.6 Å². The van der Waals surface area contributed by atoms with Crippen LogP contribution in [-0.4, -0.2) is 10.9 Å². The Bertz CT molecular complexity index is 1230. The highest BCUT2D eigenvalue weighted by Crippen LogP contribution is 2.27. The van der Waals surface area contributed by atoms with E-state index in [2.05, 4.69) is 10.3 Å². The van der Waals surface area contributed by atoms with Crippen LogP contribution in [0.1, 0.15) is 26.6 Å². The average Bonchev–Trinajstić information content (AvgIpc) is 3.14. The molecule has 0 saturated carbocycles. The molecular formula is C22H18N2O3S. The van der Waals surface area contributed by atoms with Crippen LogP contribution in [0.15, 0.2) is 63.1 Å². The van der Waals surface area contributed by atoms with Crippen molar-refractivity contribution in [2.75, 3.05) is 0 Å². The zero-order chi connectivity index (χ0) is 19.7. The Kier molecular flexibility index (Phi) is 4.79. The largest absolute Gasteiger partial charge is 0.455 e. The van der Waals surface area contributed by atoms with Gasteiger partial charge in [-0.05, 0) is 26.0 Å². The van der Waals surface area contributed by atoms with Gasteiger partial charge in [-0.2, -0.15) is 0 Å². The van der Waals surface area contributed by atoms with E-state index in [1.165, 1.54) is 11.3 Å². The van der Waals surface area contributed by atoms with Gasteiger partial charge in [-0.1, -0.05) is 36.4 Å². The number of nitrogens with one attached hydrogen (secondary N) is 1. The number of para-hydroxylation sites is 1. The number of benzene rings is 2. The van der Waals surface area contributed by atoms with Crippen molar-refractivity contribution in [3.05, 3.63) is 86.0 Å². The van der Waals surface area contributed by atoms with Gasteiger partial charge < -0.3 is 9.73 Å². The zero-order valence-electron chi connectivity index (χ0n) is 15.5. The molecule has 2 heterocycles. The van der Waals surface area contributed by atoms with Gasteiger partial charge >= 0.3 is 0 Å². The van der Waals surface area contributed by atoms with Crippen molar-refractivity contribution in [1.82, 2.24) is 10.3 Å². The fraction of sp³-hybridized carbons (Fsp3) is 0.136. The second-order valence-corrected chi connectivity index (χ2v) is 7.54. The van der Waals surface area contributed by atoms with E-state index in [0.717, 1.165) is 16.3 Å². The summed E-state index contributed by atoms with van der Waals surface area (Å²) in [6.07, 6.45) is 0. The summed E-state index contributed by atoms with van der Waals surface area (Å²) in [5, 5.41) is 6.11. The van der Waals surface area contributed by atoms with Crippen LogP contribution in [0, 0.1) is 13.8 Å². The quantitative estimate of drug-likeness (QED) is 0.558. The summed E-state index contributed by atoms with van der Waals surface area (Å²) in [5.74, 6) is 0.177. The van der Waals surface area contributed by atoms with Gasteiger partial charge in [0.15, 0.2) is 11.0 Å². The van der Waals surface area contributed by atoms with E-state index in [4.69, 9.17) is 4.42 Å². The fourth-order valence-corrected chi connectivity index (χ4v) is 3.72. The Morgan fingerprint density at radius 1 is 1.11 bits per heavy atom. The van der Waals surface area contributed by atoms with Crippen molar-refractivity contribution in [1.29, 1.82) is 0 Å². The van der Waals surface area contributed by atoms with Crippen LogP contribution < -0.4 is 10.7 Å². The Morgan fingerprint density at radius 2 is 1.89 bits per heavy atom. The first-order valence-corrected chi connectivity index (χ1v) is 9.73. The van der Waals surface area contributed by atoms with Gasteiger partial charge in [-0.15, -0.1) is 11.3 Å². The second kappa shape index (κ2) is 7.40. The van der Waals surface area contributed by atoms with E-state index in [-0.39, 0.29) is 11.3 Å². The minimum atomic E-state index is -0.303. The molecule has 28 heavy (non-hydrogen) atoms. The number of carbonyl (C=O) groups is 1. The fourth-order valence-electron chi connectivity index (χ4n) is 3.11.